The van der Waals surface area contributed by atoms with Gasteiger partial charge in [-0.05, 0) is 0 Å². The number of aliphatic hydroxyl groups is 1. The maximum Gasteiger partial charge on any atom is 0.119 e. The first-order valence-corrected chi connectivity index (χ1v) is 2.29. The van der Waals surface area contributed by atoms with Crippen LogP contribution in [0.2, 0.25) is 0 Å². The number of quaternary nitrogens is 1. The van der Waals surface area contributed by atoms with Gasteiger partial charge in [0, 0.05) is 0 Å². The lowest BCUT2D eigenvalue weighted by atomic mass is 10.6. The lowest BCUT2D eigenvalue weighted by Crippen LogP contribution is -2.48. The number of aliphatic hydroxyl groups excluding tert-OH is 1. The summed E-state index contributed by atoms with van der Waals surface area (Å²) in [4.78, 5) is 0. The van der Waals surface area contributed by atoms with E-state index >= 15 is 0 Å². The number of nitrogens with two attached hydrogens (primary N) is 1. The molecule has 52 valence electrons. The molecule has 0 aromatic heterocycles. The summed E-state index contributed by atoms with van der Waals surface area (Å²) in [5, 5.41) is 8.31. The van der Waals surface area contributed by atoms with Gasteiger partial charge in [0.1, 0.15) is 6.54 Å². The number of hydrogen-bond donors (Lipinski definition) is 2. The summed E-state index contributed by atoms with van der Waals surface area (Å²) < 4.78 is 0.344. The van der Waals surface area contributed by atoms with E-state index < -0.39 is 0 Å². The molecule has 0 aliphatic rings. The van der Waals surface area contributed by atoms with E-state index in [0.29, 0.717) is 11.1 Å². The van der Waals surface area contributed by atoms with E-state index in [2.05, 4.69) is 0 Å². The normalized spacial score (nSPS) is 10.5. The molecule has 0 aliphatic heterocycles. The molecule has 0 unspecified atom stereocenters. The molecule has 4 nitrogen and oxygen atoms in total. The number of rotatable bonds is 2. The first kappa shape index (κ1) is 10.8. The van der Waals surface area contributed by atoms with Crippen molar-refractivity contribution in [1.82, 2.24) is 0 Å². The Balaban J connectivity index is 0. The van der Waals surface area contributed by atoms with Crippen molar-refractivity contribution in [1.29, 1.82) is 0 Å². The van der Waals surface area contributed by atoms with Crippen LogP contribution < -0.4 is 5.84 Å². The Morgan fingerprint density at radius 3 is 1.88 bits per heavy atom. The molecule has 0 atom stereocenters. The molecule has 0 rings (SSSR count). The summed E-state index contributed by atoms with van der Waals surface area (Å²) in [6, 6.07) is 0. The summed E-state index contributed by atoms with van der Waals surface area (Å²) in [6.45, 7) is 0.767. The van der Waals surface area contributed by atoms with Gasteiger partial charge in [-0.1, -0.05) is 0 Å². The minimum absolute atomic E-state index is 0. The number of likely N-dealkylation sites (N-methyl/N-ethyl adjacent to an activating group) is 1. The Bertz CT molecular complexity index is 50.5. The highest BCUT2D eigenvalue weighted by molar-refractivity contribution is 4.17. The van der Waals surface area contributed by atoms with Crippen LogP contribution in [-0.4, -0.2) is 42.4 Å². The van der Waals surface area contributed by atoms with Crippen LogP contribution >= 0.6 is 0 Å². The molecule has 0 aromatic rings. The zero-order valence-electron chi connectivity index (χ0n) is 5.33. The Kier molecular flexibility index (Phi) is 5.10. The Morgan fingerprint density at radius 1 is 1.50 bits per heavy atom. The standard InChI is InChI=1S/C4H13N2O.H2O/c1-6(2,5)3-4-7;/h7H,3-5H2,1-2H3;1H2/q+1;/p-1. The van der Waals surface area contributed by atoms with Gasteiger partial charge in [0.25, 0.3) is 0 Å². The first-order valence-electron chi connectivity index (χ1n) is 2.29. The predicted molar refractivity (Wildman–Crippen MR) is 30.2 cm³/mol. The molecule has 0 aliphatic carbocycles. The van der Waals surface area contributed by atoms with Gasteiger partial charge in [0.15, 0.2) is 0 Å². The van der Waals surface area contributed by atoms with E-state index in [1.54, 1.807) is 0 Å². The maximum absolute atomic E-state index is 8.31. The van der Waals surface area contributed by atoms with Gasteiger partial charge in [0.2, 0.25) is 0 Å². The highest BCUT2D eigenvalue weighted by atomic mass is 16.3. The second-order valence-corrected chi connectivity index (χ2v) is 2.23. The smallest absolute Gasteiger partial charge is 0.119 e. The monoisotopic (exact) mass is 122 g/mol. The minimum atomic E-state index is 0. The quantitative estimate of drug-likeness (QED) is 0.273. The van der Waals surface area contributed by atoms with Gasteiger partial charge < -0.3 is 10.6 Å². The third-order valence-corrected chi connectivity index (χ3v) is 0.676. The average Bonchev–Trinajstić information content (AvgIpc) is 1.30. The molecule has 0 spiro atoms. The first-order chi connectivity index (χ1) is 3.06. The van der Waals surface area contributed by atoms with Crippen LogP contribution in [0.5, 0.6) is 0 Å². The molecule has 8 heavy (non-hydrogen) atoms. The van der Waals surface area contributed by atoms with Crippen molar-refractivity contribution >= 4 is 0 Å². The predicted octanol–water partition coefficient (Wildman–Crippen LogP) is -1.25. The van der Waals surface area contributed by atoms with Crippen LogP contribution in [0.15, 0.2) is 0 Å². The average molecular weight is 122 g/mol. The largest absolute Gasteiger partial charge is 0.870 e. The Labute approximate surface area is 49.4 Å². The fourth-order valence-electron chi connectivity index (χ4n) is 0.258. The van der Waals surface area contributed by atoms with Gasteiger partial charge in [-0.3, -0.25) is 4.59 Å². The summed E-state index contributed by atoms with van der Waals surface area (Å²) >= 11 is 0. The highest BCUT2D eigenvalue weighted by Crippen LogP contribution is 1.78. The van der Waals surface area contributed by atoms with Crippen LogP contribution in [0, 0.1) is 0 Å². The SMILES string of the molecule is C[N+](C)(N)CCO.[OH-]. The molecule has 0 aromatic carbocycles. The van der Waals surface area contributed by atoms with E-state index in [0.717, 1.165) is 0 Å². The minimum Gasteiger partial charge on any atom is -0.870 e. The molecule has 0 fully saturated rings. The fraction of sp³-hybridized carbons (Fsp3) is 1.00. The van der Waals surface area contributed by atoms with Crippen LogP contribution in [0.3, 0.4) is 0 Å². The van der Waals surface area contributed by atoms with E-state index in [1.165, 1.54) is 0 Å². The van der Waals surface area contributed by atoms with Gasteiger partial charge >= 0.3 is 0 Å². The maximum atomic E-state index is 8.31. The zero-order valence-corrected chi connectivity index (χ0v) is 5.33. The lowest BCUT2D eigenvalue weighted by Gasteiger charge is -2.20. The molecular weight excluding hydrogens is 108 g/mol. The van der Waals surface area contributed by atoms with Crippen LogP contribution in [0.25, 0.3) is 0 Å². The number of nitrogens with zero attached hydrogens (tertiary/aromatic N) is 1. The van der Waals surface area contributed by atoms with Crippen LogP contribution in [0.1, 0.15) is 0 Å². The van der Waals surface area contributed by atoms with Crippen LogP contribution in [0.4, 0.5) is 0 Å². The van der Waals surface area contributed by atoms with Crippen molar-refractivity contribution in [3.05, 3.63) is 0 Å². The van der Waals surface area contributed by atoms with Gasteiger partial charge in [-0.2, -0.15) is 5.84 Å². The van der Waals surface area contributed by atoms with Crippen molar-refractivity contribution in [2.45, 2.75) is 0 Å². The summed E-state index contributed by atoms with van der Waals surface area (Å²) in [6.07, 6.45) is 0. The van der Waals surface area contributed by atoms with Gasteiger partial charge in [-0.15, -0.1) is 0 Å². The van der Waals surface area contributed by atoms with Crippen molar-refractivity contribution < 1.29 is 15.2 Å². The van der Waals surface area contributed by atoms with Crippen molar-refractivity contribution in [2.75, 3.05) is 27.2 Å². The summed E-state index contributed by atoms with van der Waals surface area (Å²) in [5.74, 6) is 5.42. The summed E-state index contributed by atoms with van der Waals surface area (Å²) in [5.41, 5.74) is 0. The van der Waals surface area contributed by atoms with Crippen molar-refractivity contribution in [2.24, 2.45) is 5.84 Å². The Hall–Kier alpha value is -0.160. The third kappa shape index (κ3) is 9.28. The van der Waals surface area contributed by atoms with Crippen LogP contribution in [-0.2, 0) is 0 Å². The number of hydrogen-bond acceptors (Lipinski definition) is 3. The second kappa shape index (κ2) is 3.80. The highest BCUT2D eigenvalue weighted by Gasteiger charge is 2.03. The molecule has 0 saturated carbocycles. The van der Waals surface area contributed by atoms with E-state index in [9.17, 15) is 0 Å². The molecule has 0 radical (unpaired) electrons. The zero-order chi connectivity index (χ0) is 5.91. The second-order valence-electron chi connectivity index (χ2n) is 2.23. The van der Waals surface area contributed by atoms with Gasteiger partial charge in [-0.25, -0.2) is 0 Å². The molecule has 0 amide bonds. The van der Waals surface area contributed by atoms with Crippen molar-refractivity contribution in [3.63, 3.8) is 0 Å². The van der Waals surface area contributed by atoms with E-state index in [-0.39, 0.29) is 12.1 Å². The van der Waals surface area contributed by atoms with Crippen molar-refractivity contribution in [3.8, 4) is 0 Å². The fourth-order valence-corrected chi connectivity index (χ4v) is 0.258. The Morgan fingerprint density at radius 2 is 1.88 bits per heavy atom. The van der Waals surface area contributed by atoms with E-state index in [4.69, 9.17) is 10.9 Å². The lowest BCUT2D eigenvalue weighted by molar-refractivity contribution is -0.902. The van der Waals surface area contributed by atoms with Gasteiger partial charge in [0.05, 0.1) is 20.7 Å². The van der Waals surface area contributed by atoms with E-state index in [1.807, 2.05) is 14.1 Å². The molecule has 4 heteroatoms. The molecule has 0 saturated heterocycles. The topological polar surface area (TPSA) is 76.2 Å². The third-order valence-electron chi connectivity index (χ3n) is 0.676. The molecule has 0 bridgehead atoms. The molecule has 0 heterocycles. The molecular formula is C4H14N2O2. The molecule has 4 N–H and O–H groups in total. The summed E-state index contributed by atoms with van der Waals surface area (Å²) in [7, 11) is 3.66.